The first-order chi connectivity index (χ1) is 11.5. The number of benzene rings is 2. The third kappa shape index (κ3) is 2.62. The summed E-state index contributed by atoms with van der Waals surface area (Å²) in [4.78, 5) is 0. The SMILES string of the molecule is CCCCc1cc2c(c(F)c1F)-c1c(cc(CCC)c(F)c1F)C2. The second-order valence-electron chi connectivity index (χ2n) is 6.43. The minimum absolute atomic E-state index is 0.109. The van der Waals surface area contributed by atoms with Gasteiger partial charge in [-0.2, -0.15) is 0 Å². The molecule has 2 aromatic carbocycles. The summed E-state index contributed by atoms with van der Waals surface area (Å²) in [7, 11) is 0. The molecule has 0 N–H and O–H groups in total. The van der Waals surface area contributed by atoms with Gasteiger partial charge in [0.15, 0.2) is 23.3 Å². The van der Waals surface area contributed by atoms with Gasteiger partial charge in [-0.15, -0.1) is 0 Å². The number of halogens is 4. The molecule has 0 atom stereocenters. The fourth-order valence-corrected chi connectivity index (χ4v) is 3.50. The van der Waals surface area contributed by atoms with E-state index in [4.69, 9.17) is 0 Å². The summed E-state index contributed by atoms with van der Waals surface area (Å²) in [6.45, 7) is 3.86. The predicted molar refractivity (Wildman–Crippen MR) is 87.1 cm³/mol. The monoisotopic (exact) mass is 336 g/mol. The summed E-state index contributed by atoms with van der Waals surface area (Å²) < 4.78 is 57.6. The Morgan fingerprint density at radius 2 is 1.21 bits per heavy atom. The van der Waals surface area contributed by atoms with Crippen LogP contribution in [0.4, 0.5) is 17.6 Å². The highest BCUT2D eigenvalue weighted by atomic mass is 19.2. The first-order valence-corrected chi connectivity index (χ1v) is 8.49. The van der Waals surface area contributed by atoms with Crippen molar-refractivity contribution in [2.45, 2.75) is 52.4 Å². The molecular formula is C20H20F4. The summed E-state index contributed by atoms with van der Waals surface area (Å²) in [6.07, 6.45) is 3.50. The van der Waals surface area contributed by atoms with Crippen molar-refractivity contribution < 1.29 is 17.6 Å². The molecule has 2 aromatic rings. The van der Waals surface area contributed by atoms with E-state index >= 15 is 0 Å². The normalized spacial score (nSPS) is 12.4. The van der Waals surface area contributed by atoms with Gasteiger partial charge in [-0.1, -0.05) is 38.8 Å². The molecule has 0 bridgehead atoms. The van der Waals surface area contributed by atoms with Crippen LogP contribution in [0.1, 0.15) is 55.4 Å². The molecule has 0 amide bonds. The van der Waals surface area contributed by atoms with Crippen molar-refractivity contribution in [3.63, 3.8) is 0 Å². The summed E-state index contributed by atoms with van der Waals surface area (Å²) in [5.41, 5.74) is 1.48. The van der Waals surface area contributed by atoms with Gasteiger partial charge in [0.25, 0.3) is 0 Å². The molecule has 3 rings (SSSR count). The highest BCUT2D eigenvalue weighted by Gasteiger charge is 2.31. The molecule has 0 unspecified atom stereocenters. The van der Waals surface area contributed by atoms with Crippen molar-refractivity contribution in [3.8, 4) is 11.1 Å². The molecule has 1 aliphatic carbocycles. The zero-order valence-corrected chi connectivity index (χ0v) is 13.9. The summed E-state index contributed by atoms with van der Waals surface area (Å²) in [6, 6.07) is 3.21. The van der Waals surface area contributed by atoms with E-state index in [9.17, 15) is 17.6 Å². The van der Waals surface area contributed by atoms with Crippen molar-refractivity contribution >= 4 is 0 Å². The van der Waals surface area contributed by atoms with Crippen LogP contribution in [-0.4, -0.2) is 0 Å². The minimum Gasteiger partial charge on any atom is -0.203 e. The molecule has 4 heteroatoms. The molecule has 0 saturated carbocycles. The van der Waals surface area contributed by atoms with E-state index in [0.717, 1.165) is 12.8 Å². The number of aryl methyl sites for hydroxylation is 2. The van der Waals surface area contributed by atoms with Gasteiger partial charge in [-0.25, -0.2) is 17.6 Å². The van der Waals surface area contributed by atoms with E-state index in [1.54, 1.807) is 12.1 Å². The maximum Gasteiger partial charge on any atom is 0.167 e. The first-order valence-electron chi connectivity index (χ1n) is 8.49. The number of unbranched alkanes of at least 4 members (excludes halogenated alkanes) is 1. The Bertz CT molecular complexity index is 793. The molecule has 0 aromatic heterocycles. The zero-order chi connectivity index (χ0) is 17.4. The molecule has 0 radical (unpaired) electrons. The number of hydrogen-bond donors (Lipinski definition) is 0. The lowest BCUT2D eigenvalue weighted by Gasteiger charge is -2.11. The molecule has 0 heterocycles. The van der Waals surface area contributed by atoms with Crippen LogP contribution < -0.4 is 0 Å². The topological polar surface area (TPSA) is 0 Å². The van der Waals surface area contributed by atoms with E-state index in [-0.39, 0.29) is 11.1 Å². The van der Waals surface area contributed by atoms with E-state index in [1.807, 2.05) is 13.8 Å². The van der Waals surface area contributed by atoms with Crippen LogP contribution in [0, 0.1) is 23.3 Å². The van der Waals surface area contributed by atoms with E-state index in [1.165, 1.54) is 0 Å². The van der Waals surface area contributed by atoms with Crippen LogP contribution >= 0.6 is 0 Å². The Hall–Kier alpha value is -1.84. The van der Waals surface area contributed by atoms with Crippen LogP contribution in [0.3, 0.4) is 0 Å². The molecule has 0 fully saturated rings. The summed E-state index contributed by atoms with van der Waals surface area (Å²) in [5, 5.41) is 0. The molecule has 0 aliphatic heterocycles. The van der Waals surface area contributed by atoms with Gasteiger partial charge in [0.1, 0.15) is 0 Å². The highest BCUT2D eigenvalue weighted by Crippen LogP contribution is 2.43. The van der Waals surface area contributed by atoms with E-state index in [0.29, 0.717) is 47.9 Å². The molecule has 0 nitrogen and oxygen atoms in total. The van der Waals surface area contributed by atoms with Crippen molar-refractivity contribution in [1.82, 2.24) is 0 Å². The Labute approximate surface area is 139 Å². The van der Waals surface area contributed by atoms with Gasteiger partial charge in [0.05, 0.1) is 0 Å². The predicted octanol–water partition coefficient (Wildman–Crippen LogP) is 6.11. The van der Waals surface area contributed by atoms with Crippen LogP contribution in [0.15, 0.2) is 12.1 Å². The van der Waals surface area contributed by atoms with Gasteiger partial charge < -0.3 is 0 Å². The van der Waals surface area contributed by atoms with Gasteiger partial charge in [-0.3, -0.25) is 0 Å². The lowest BCUT2D eigenvalue weighted by atomic mass is 9.97. The van der Waals surface area contributed by atoms with Gasteiger partial charge >= 0.3 is 0 Å². The Morgan fingerprint density at radius 3 is 1.67 bits per heavy atom. The molecule has 128 valence electrons. The molecular weight excluding hydrogens is 316 g/mol. The molecule has 0 spiro atoms. The van der Waals surface area contributed by atoms with Crippen LogP contribution in [0.25, 0.3) is 11.1 Å². The van der Waals surface area contributed by atoms with Crippen LogP contribution in [-0.2, 0) is 19.3 Å². The Kier molecular flexibility index (Phi) is 4.66. The van der Waals surface area contributed by atoms with Crippen molar-refractivity contribution in [2.75, 3.05) is 0 Å². The largest absolute Gasteiger partial charge is 0.203 e. The third-order valence-electron chi connectivity index (χ3n) is 4.68. The van der Waals surface area contributed by atoms with Crippen LogP contribution in [0.5, 0.6) is 0 Å². The standard InChI is InChI=1S/C20H20F4/c1-3-5-7-12-9-14-10-13-8-11(6-4-2)17(21)19(23)15(13)16(14)20(24)18(12)22/h8-9H,3-7,10H2,1-2H3. The van der Waals surface area contributed by atoms with Crippen molar-refractivity contribution in [3.05, 3.63) is 57.7 Å². The number of fused-ring (bicyclic) bond motifs is 3. The van der Waals surface area contributed by atoms with Crippen molar-refractivity contribution in [2.24, 2.45) is 0 Å². The maximum atomic E-state index is 14.6. The Morgan fingerprint density at radius 1 is 0.708 bits per heavy atom. The van der Waals surface area contributed by atoms with E-state index in [2.05, 4.69) is 0 Å². The third-order valence-corrected chi connectivity index (χ3v) is 4.68. The maximum absolute atomic E-state index is 14.6. The van der Waals surface area contributed by atoms with Gasteiger partial charge in [0.2, 0.25) is 0 Å². The molecule has 1 aliphatic rings. The average Bonchev–Trinajstić information content (AvgIpc) is 2.93. The fraction of sp³-hybridized carbons (Fsp3) is 0.400. The molecule has 24 heavy (non-hydrogen) atoms. The average molecular weight is 336 g/mol. The van der Waals surface area contributed by atoms with Crippen LogP contribution in [0.2, 0.25) is 0 Å². The van der Waals surface area contributed by atoms with Gasteiger partial charge in [0, 0.05) is 11.1 Å². The Balaban J connectivity index is 2.15. The smallest absolute Gasteiger partial charge is 0.167 e. The second-order valence-corrected chi connectivity index (χ2v) is 6.43. The summed E-state index contributed by atoms with van der Waals surface area (Å²) >= 11 is 0. The minimum atomic E-state index is -1.06. The lowest BCUT2D eigenvalue weighted by molar-refractivity contribution is 0.491. The van der Waals surface area contributed by atoms with E-state index < -0.39 is 23.3 Å². The fourth-order valence-electron chi connectivity index (χ4n) is 3.50. The number of hydrogen-bond acceptors (Lipinski definition) is 0. The lowest BCUT2D eigenvalue weighted by Crippen LogP contribution is -2.01. The quantitative estimate of drug-likeness (QED) is 0.493. The molecule has 0 saturated heterocycles. The number of rotatable bonds is 5. The first kappa shape index (κ1) is 17.0. The highest BCUT2D eigenvalue weighted by molar-refractivity contribution is 5.79. The second kappa shape index (κ2) is 6.58. The van der Waals surface area contributed by atoms with Gasteiger partial charge in [-0.05, 0) is 47.9 Å². The summed E-state index contributed by atoms with van der Waals surface area (Å²) in [5.74, 6) is -4.00. The zero-order valence-electron chi connectivity index (χ0n) is 13.9. The van der Waals surface area contributed by atoms with Crippen molar-refractivity contribution in [1.29, 1.82) is 0 Å².